The van der Waals surface area contributed by atoms with Crippen LogP contribution in [0, 0.1) is 11.3 Å². The first-order chi connectivity index (χ1) is 6.76. The van der Waals surface area contributed by atoms with Crippen LogP contribution >= 0.6 is 0 Å². The predicted molar refractivity (Wildman–Crippen MR) is 56.9 cm³/mol. The van der Waals surface area contributed by atoms with E-state index in [0.29, 0.717) is 5.56 Å². The molecule has 0 bridgehead atoms. The van der Waals surface area contributed by atoms with E-state index in [1.54, 1.807) is 18.3 Å². The second kappa shape index (κ2) is 5.03. The van der Waals surface area contributed by atoms with Crippen LogP contribution in [0.4, 0.5) is 5.82 Å². The summed E-state index contributed by atoms with van der Waals surface area (Å²) in [6, 6.07) is 5.78. The van der Waals surface area contributed by atoms with E-state index in [1.807, 2.05) is 13.0 Å². The van der Waals surface area contributed by atoms with Crippen molar-refractivity contribution in [3.8, 4) is 6.07 Å². The lowest BCUT2D eigenvalue weighted by atomic mass is 10.2. The molecule has 1 rings (SSSR count). The van der Waals surface area contributed by atoms with E-state index in [2.05, 4.69) is 22.9 Å². The summed E-state index contributed by atoms with van der Waals surface area (Å²) in [6.45, 7) is 5.71. The van der Waals surface area contributed by atoms with Crippen LogP contribution in [0.25, 0.3) is 0 Å². The van der Waals surface area contributed by atoms with Gasteiger partial charge in [-0.1, -0.05) is 6.08 Å². The molecule has 3 nitrogen and oxygen atoms in total. The van der Waals surface area contributed by atoms with Gasteiger partial charge in [0.15, 0.2) is 0 Å². The Morgan fingerprint density at radius 1 is 1.79 bits per heavy atom. The second-order valence-electron chi connectivity index (χ2n) is 3.11. The largest absolute Gasteiger partial charge is 0.367 e. The Morgan fingerprint density at radius 3 is 3.21 bits per heavy atom. The Kier molecular flexibility index (Phi) is 3.69. The Morgan fingerprint density at radius 2 is 2.57 bits per heavy atom. The highest BCUT2D eigenvalue weighted by Crippen LogP contribution is 2.08. The maximum Gasteiger partial charge on any atom is 0.127 e. The molecule has 0 saturated carbocycles. The molecule has 0 fully saturated rings. The second-order valence-corrected chi connectivity index (χ2v) is 3.11. The molecule has 0 aliphatic heterocycles. The standard InChI is InChI=1S/C11H13N3/c1-3-4-9(2)14-11-7-10(8-12)5-6-13-11/h3,5-7,9H,1,4H2,2H3,(H,13,14). The first-order valence-electron chi connectivity index (χ1n) is 4.50. The van der Waals surface area contributed by atoms with Gasteiger partial charge in [0.05, 0.1) is 11.6 Å². The van der Waals surface area contributed by atoms with Gasteiger partial charge in [0.25, 0.3) is 0 Å². The third-order valence-corrected chi connectivity index (χ3v) is 1.80. The molecule has 0 spiro atoms. The van der Waals surface area contributed by atoms with Crippen LogP contribution in [-0.2, 0) is 0 Å². The fraction of sp³-hybridized carbons (Fsp3) is 0.273. The van der Waals surface area contributed by atoms with Crippen LogP contribution in [0.3, 0.4) is 0 Å². The zero-order chi connectivity index (χ0) is 10.4. The first-order valence-corrected chi connectivity index (χ1v) is 4.50. The molecule has 1 N–H and O–H groups in total. The molecule has 1 unspecified atom stereocenters. The van der Waals surface area contributed by atoms with Gasteiger partial charge in [-0.2, -0.15) is 5.26 Å². The molecule has 0 saturated heterocycles. The molecule has 0 amide bonds. The molecule has 72 valence electrons. The molecule has 0 aliphatic rings. The van der Waals surface area contributed by atoms with E-state index in [-0.39, 0.29) is 6.04 Å². The first kappa shape index (κ1) is 10.3. The van der Waals surface area contributed by atoms with Crippen LogP contribution in [0.1, 0.15) is 18.9 Å². The Labute approximate surface area is 84.1 Å². The van der Waals surface area contributed by atoms with Gasteiger partial charge < -0.3 is 5.32 Å². The van der Waals surface area contributed by atoms with Crippen LogP contribution < -0.4 is 5.32 Å². The van der Waals surface area contributed by atoms with Crippen molar-refractivity contribution in [1.29, 1.82) is 5.26 Å². The van der Waals surface area contributed by atoms with Crippen LogP contribution in [0.2, 0.25) is 0 Å². The Bertz CT molecular complexity index is 352. The van der Waals surface area contributed by atoms with Crippen LogP contribution in [0.5, 0.6) is 0 Å². The van der Waals surface area contributed by atoms with E-state index in [0.717, 1.165) is 12.2 Å². The van der Waals surface area contributed by atoms with Crippen molar-refractivity contribution in [3.05, 3.63) is 36.5 Å². The van der Waals surface area contributed by atoms with E-state index < -0.39 is 0 Å². The summed E-state index contributed by atoms with van der Waals surface area (Å²) in [6.07, 6.45) is 4.35. The lowest BCUT2D eigenvalue weighted by molar-refractivity contribution is 0.807. The molecule has 3 heteroatoms. The van der Waals surface area contributed by atoms with Gasteiger partial charge in [-0.25, -0.2) is 4.98 Å². The minimum absolute atomic E-state index is 0.286. The smallest absolute Gasteiger partial charge is 0.127 e. The highest BCUT2D eigenvalue weighted by Gasteiger charge is 2.00. The number of aromatic nitrogens is 1. The molecule has 0 aliphatic carbocycles. The van der Waals surface area contributed by atoms with Crippen molar-refractivity contribution >= 4 is 5.82 Å². The van der Waals surface area contributed by atoms with Gasteiger partial charge in [-0.15, -0.1) is 6.58 Å². The van der Waals surface area contributed by atoms with Crippen molar-refractivity contribution in [2.45, 2.75) is 19.4 Å². The lowest BCUT2D eigenvalue weighted by Crippen LogP contribution is -2.14. The number of pyridine rings is 1. The highest BCUT2D eigenvalue weighted by atomic mass is 15.0. The van der Waals surface area contributed by atoms with Gasteiger partial charge in [0.2, 0.25) is 0 Å². The molecule has 1 atom stereocenters. The summed E-state index contributed by atoms with van der Waals surface area (Å²) in [5.41, 5.74) is 0.619. The molecule has 0 radical (unpaired) electrons. The number of hydrogen-bond donors (Lipinski definition) is 1. The Balaban J connectivity index is 2.67. The van der Waals surface area contributed by atoms with Crippen LogP contribution in [0.15, 0.2) is 31.0 Å². The number of nitrogens with one attached hydrogen (secondary N) is 1. The SMILES string of the molecule is C=CCC(C)Nc1cc(C#N)ccn1. The minimum atomic E-state index is 0.286. The number of anilines is 1. The van der Waals surface area contributed by atoms with Crippen molar-refractivity contribution in [2.75, 3.05) is 5.32 Å². The molecule has 1 heterocycles. The fourth-order valence-electron chi connectivity index (χ4n) is 1.14. The summed E-state index contributed by atoms with van der Waals surface area (Å²) in [7, 11) is 0. The maximum atomic E-state index is 8.68. The highest BCUT2D eigenvalue weighted by molar-refractivity contribution is 5.42. The maximum absolute atomic E-state index is 8.68. The van der Waals surface area contributed by atoms with Gasteiger partial charge in [-0.05, 0) is 25.5 Å². The average molecular weight is 187 g/mol. The number of nitriles is 1. The number of nitrogens with zero attached hydrogens (tertiary/aromatic N) is 2. The van der Waals surface area contributed by atoms with E-state index in [4.69, 9.17) is 5.26 Å². The van der Waals surface area contributed by atoms with Crippen molar-refractivity contribution < 1.29 is 0 Å². The average Bonchev–Trinajstić information content (AvgIpc) is 2.18. The number of rotatable bonds is 4. The van der Waals surface area contributed by atoms with E-state index in [1.165, 1.54) is 0 Å². The van der Waals surface area contributed by atoms with Gasteiger partial charge in [-0.3, -0.25) is 0 Å². The van der Waals surface area contributed by atoms with Crippen molar-refractivity contribution in [1.82, 2.24) is 4.98 Å². The minimum Gasteiger partial charge on any atom is -0.367 e. The summed E-state index contributed by atoms with van der Waals surface area (Å²) in [4.78, 5) is 4.11. The molecule has 1 aromatic heterocycles. The summed E-state index contributed by atoms with van der Waals surface area (Å²) in [5, 5.41) is 11.9. The Hall–Kier alpha value is -1.82. The quantitative estimate of drug-likeness (QED) is 0.736. The van der Waals surface area contributed by atoms with E-state index in [9.17, 15) is 0 Å². The van der Waals surface area contributed by atoms with Crippen molar-refractivity contribution in [3.63, 3.8) is 0 Å². The van der Waals surface area contributed by atoms with Gasteiger partial charge in [0, 0.05) is 12.2 Å². The monoisotopic (exact) mass is 187 g/mol. The zero-order valence-electron chi connectivity index (χ0n) is 8.20. The van der Waals surface area contributed by atoms with E-state index >= 15 is 0 Å². The van der Waals surface area contributed by atoms with Crippen LogP contribution in [-0.4, -0.2) is 11.0 Å². The molecular formula is C11H13N3. The van der Waals surface area contributed by atoms with Crippen molar-refractivity contribution in [2.24, 2.45) is 0 Å². The molecule has 14 heavy (non-hydrogen) atoms. The normalized spacial score (nSPS) is 11.4. The molecule has 0 aromatic carbocycles. The fourth-order valence-corrected chi connectivity index (χ4v) is 1.14. The van der Waals surface area contributed by atoms with Gasteiger partial charge >= 0.3 is 0 Å². The molecular weight excluding hydrogens is 174 g/mol. The topological polar surface area (TPSA) is 48.7 Å². The molecule has 1 aromatic rings. The van der Waals surface area contributed by atoms with Gasteiger partial charge in [0.1, 0.15) is 5.82 Å². The summed E-state index contributed by atoms with van der Waals surface area (Å²) >= 11 is 0. The lowest BCUT2D eigenvalue weighted by Gasteiger charge is -2.11. The third-order valence-electron chi connectivity index (χ3n) is 1.80. The summed E-state index contributed by atoms with van der Waals surface area (Å²) < 4.78 is 0. The predicted octanol–water partition coefficient (Wildman–Crippen LogP) is 2.33. The zero-order valence-corrected chi connectivity index (χ0v) is 8.20. The number of hydrogen-bond acceptors (Lipinski definition) is 3. The summed E-state index contributed by atoms with van der Waals surface area (Å²) in [5.74, 6) is 0.735. The third kappa shape index (κ3) is 2.91.